The minimum atomic E-state index is -0.185. The van der Waals surface area contributed by atoms with Crippen molar-refractivity contribution in [3.05, 3.63) is 65.7 Å². The van der Waals surface area contributed by atoms with Crippen LogP contribution in [0.5, 0.6) is 0 Å². The maximum atomic E-state index is 12.0. The van der Waals surface area contributed by atoms with E-state index >= 15 is 0 Å². The van der Waals surface area contributed by atoms with Crippen LogP contribution in [0.2, 0.25) is 0 Å². The Labute approximate surface area is 126 Å². The lowest BCUT2D eigenvalue weighted by atomic mass is 9.86. The van der Waals surface area contributed by atoms with Crippen molar-refractivity contribution in [1.82, 2.24) is 5.32 Å². The first-order valence-corrected chi connectivity index (χ1v) is 7.15. The van der Waals surface area contributed by atoms with Gasteiger partial charge in [-0.15, -0.1) is 0 Å². The van der Waals surface area contributed by atoms with Crippen LogP contribution in [0, 0.1) is 0 Å². The number of urea groups is 1. The molecule has 0 bridgehead atoms. The molecule has 0 aromatic heterocycles. The van der Waals surface area contributed by atoms with Crippen LogP contribution in [0.4, 0.5) is 10.5 Å². The number of para-hydroxylation sites is 1. The molecule has 0 aliphatic carbocycles. The molecule has 0 radical (unpaired) electrons. The molecule has 0 aliphatic heterocycles. The van der Waals surface area contributed by atoms with E-state index in [0.717, 1.165) is 16.8 Å². The van der Waals surface area contributed by atoms with Gasteiger partial charge in [-0.05, 0) is 22.6 Å². The van der Waals surface area contributed by atoms with Gasteiger partial charge in [-0.25, -0.2) is 4.79 Å². The smallest absolute Gasteiger partial charge is 0.319 e. The number of amides is 2. The SMILES string of the molecule is CC(C)(C)c1ccccc1NC(=O)NCc1ccccc1. The molecule has 2 aromatic rings. The second kappa shape index (κ2) is 6.44. The van der Waals surface area contributed by atoms with Gasteiger partial charge in [0.15, 0.2) is 0 Å². The van der Waals surface area contributed by atoms with Crippen molar-refractivity contribution in [2.45, 2.75) is 32.7 Å². The Hall–Kier alpha value is -2.29. The number of carbonyl (C=O) groups is 1. The van der Waals surface area contributed by atoms with Crippen molar-refractivity contribution >= 4 is 11.7 Å². The van der Waals surface area contributed by atoms with Crippen LogP contribution in [0.3, 0.4) is 0 Å². The first-order chi connectivity index (χ1) is 9.97. The summed E-state index contributed by atoms with van der Waals surface area (Å²) in [7, 11) is 0. The second-order valence-corrected chi connectivity index (χ2v) is 6.09. The minimum Gasteiger partial charge on any atom is -0.334 e. The molecule has 3 nitrogen and oxygen atoms in total. The normalized spacial score (nSPS) is 11.0. The molecule has 2 N–H and O–H groups in total. The summed E-state index contributed by atoms with van der Waals surface area (Å²) in [6.07, 6.45) is 0. The van der Waals surface area contributed by atoms with E-state index in [1.54, 1.807) is 0 Å². The Morgan fingerprint density at radius 3 is 2.24 bits per heavy atom. The highest BCUT2D eigenvalue weighted by Gasteiger charge is 2.18. The van der Waals surface area contributed by atoms with Gasteiger partial charge in [0.05, 0.1) is 0 Å². The van der Waals surface area contributed by atoms with Crippen molar-refractivity contribution in [2.75, 3.05) is 5.32 Å². The van der Waals surface area contributed by atoms with Gasteiger partial charge in [-0.2, -0.15) is 0 Å². The van der Waals surface area contributed by atoms with Crippen molar-refractivity contribution in [3.8, 4) is 0 Å². The molecule has 0 saturated heterocycles. The third kappa shape index (κ3) is 4.35. The standard InChI is InChI=1S/C18H22N2O/c1-18(2,3)15-11-7-8-12-16(15)20-17(21)19-13-14-9-5-4-6-10-14/h4-12H,13H2,1-3H3,(H2,19,20,21). The maximum absolute atomic E-state index is 12.0. The van der Waals surface area contributed by atoms with E-state index in [2.05, 4.69) is 31.4 Å². The number of rotatable bonds is 3. The number of anilines is 1. The molecule has 0 aliphatic rings. The van der Waals surface area contributed by atoms with Gasteiger partial charge in [0.2, 0.25) is 0 Å². The fourth-order valence-corrected chi connectivity index (χ4v) is 2.19. The first-order valence-electron chi connectivity index (χ1n) is 7.15. The van der Waals surface area contributed by atoms with Crippen molar-refractivity contribution in [3.63, 3.8) is 0 Å². The molecule has 0 saturated carbocycles. The molecule has 0 atom stereocenters. The quantitative estimate of drug-likeness (QED) is 0.865. The lowest BCUT2D eigenvalue weighted by Crippen LogP contribution is -2.29. The van der Waals surface area contributed by atoms with Crippen LogP contribution < -0.4 is 10.6 Å². The van der Waals surface area contributed by atoms with E-state index in [4.69, 9.17) is 0 Å². The monoisotopic (exact) mass is 282 g/mol. The summed E-state index contributed by atoms with van der Waals surface area (Å²) < 4.78 is 0. The summed E-state index contributed by atoms with van der Waals surface area (Å²) in [6.45, 7) is 6.92. The third-order valence-corrected chi connectivity index (χ3v) is 3.28. The zero-order valence-electron chi connectivity index (χ0n) is 12.8. The molecule has 0 unspecified atom stereocenters. The number of carbonyl (C=O) groups excluding carboxylic acids is 1. The Bertz CT molecular complexity index is 600. The van der Waals surface area contributed by atoms with Gasteiger partial charge >= 0.3 is 6.03 Å². The molecule has 2 amide bonds. The van der Waals surface area contributed by atoms with Gasteiger partial charge in [-0.1, -0.05) is 69.3 Å². The molecule has 3 heteroatoms. The van der Waals surface area contributed by atoms with E-state index in [1.165, 1.54) is 0 Å². The fraction of sp³-hybridized carbons (Fsp3) is 0.278. The van der Waals surface area contributed by atoms with Gasteiger partial charge < -0.3 is 10.6 Å². The van der Waals surface area contributed by atoms with E-state index in [1.807, 2.05) is 54.6 Å². The zero-order valence-corrected chi connectivity index (χ0v) is 12.8. The van der Waals surface area contributed by atoms with Crippen LogP contribution in [0.25, 0.3) is 0 Å². The highest BCUT2D eigenvalue weighted by molar-refractivity contribution is 5.90. The van der Waals surface area contributed by atoms with Gasteiger partial charge in [0.1, 0.15) is 0 Å². The van der Waals surface area contributed by atoms with E-state index in [0.29, 0.717) is 6.54 Å². The molecule has 2 rings (SSSR count). The molecule has 2 aromatic carbocycles. The average molecular weight is 282 g/mol. The molecule has 0 heterocycles. The predicted octanol–water partition coefficient (Wildman–Crippen LogP) is 4.31. The largest absolute Gasteiger partial charge is 0.334 e. The summed E-state index contributed by atoms with van der Waals surface area (Å²) in [5, 5.41) is 5.81. The Morgan fingerprint density at radius 2 is 1.57 bits per heavy atom. The maximum Gasteiger partial charge on any atom is 0.319 e. The molecular weight excluding hydrogens is 260 g/mol. The number of nitrogens with one attached hydrogen (secondary N) is 2. The number of benzene rings is 2. The molecule has 0 fully saturated rings. The lowest BCUT2D eigenvalue weighted by molar-refractivity contribution is 0.251. The third-order valence-electron chi connectivity index (χ3n) is 3.28. The van der Waals surface area contributed by atoms with Crippen LogP contribution in [-0.4, -0.2) is 6.03 Å². The van der Waals surface area contributed by atoms with E-state index < -0.39 is 0 Å². The fourth-order valence-electron chi connectivity index (χ4n) is 2.19. The van der Waals surface area contributed by atoms with Gasteiger partial charge in [0, 0.05) is 12.2 Å². The van der Waals surface area contributed by atoms with Crippen molar-refractivity contribution in [2.24, 2.45) is 0 Å². The van der Waals surface area contributed by atoms with Crippen molar-refractivity contribution in [1.29, 1.82) is 0 Å². The second-order valence-electron chi connectivity index (χ2n) is 6.09. The van der Waals surface area contributed by atoms with E-state index in [-0.39, 0.29) is 11.4 Å². The average Bonchev–Trinajstić information content (AvgIpc) is 2.46. The molecule has 0 spiro atoms. The predicted molar refractivity (Wildman–Crippen MR) is 87.4 cm³/mol. The van der Waals surface area contributed by atoms with Crippen LogP contribution in [0.15, 0.2) is 54.6 Å². The van der Waals surface area contributed by atoms with E-state index in [9.17, 15) is 4.79 Å². The summed E-state index contributed by atoms with van der Waals surface area (Å²) in [6, 6.07) is 17.6. The minimum absolute atomic E-state index is 0.0106. The summed E-state index contributed by atoms with van der Waals surface area (Å²) in [4.78, 5) is 12.0. The highest BCUT2D eigenvalue weighted by atomic mass is 16.2. The number of hydrogen-bond acceptors (Lipinski definition) is 1. The molecular formula is C18H22N2O. The van der Waals surface area contributed by atoms with Gasteiger partial charge in [0.25, 0.3) is 0 Å². The summed E-state index contributed by atoms with van der Waals surface area (Å²) in [5.41, 5.74) is 3.05. The lowest BCUT2D eigenvalue weighted by Gasteiger charge is -2.23. The Kier molecular flexibility index (Phi) is 4.63. The summed E-state index contributed by atoms with van der Waals surface area (Å²) >= 11 is 0. The van der Waals surface area contributed by atoms with Gasteiger partial charge in [-0.3, -0.25) is 0 Å². The van der Waals surface area contributed by atoms with Crippen LogP contribution >= 0.6 is 0 Å². The number of hydrogen-bond donors (Lipinski definition) is 2. The first kappa shape index (κ1) is 15.1. The zero-order chi connectivity index (χ0) is 15.3. The van der Waals surface area contributed by atoms with Crippen LogP contribution in [0.1, 0.15) is 31.9 Å². The topological polar surface area (TPSA) is 41.1 Å². The van der Waals surface area contributed by atoms with Crippen LogP contribution in [-0.2, 0) is 12.0 Å². The Morgan fingerprint density at radius 1 is 0.952 bits per heavy atom. The molecule has 110 valence electrons. The molecule has 21 heavy (non-hydrogen) atoms. The van der Waals surface area contributed by atoms with Crippen molar-refractivity contribution < 1.29 is 4.79 Å². The highest BCUT2D eigenvalue weighted by Crippen LogP contribution is 2.29. The Balaban J connectivity index is 2.00. The summed E-state index contributed by atoms with van der Waals surface area (Å²) in [5.74, 6) is 0.